The van der Waals surface area contributed by atoms with Gasteiger partial charge in [-0.1, -0.05) is 0 Å². The highest BCUT2D eigenvalue weighted by Crippen LogP contribution is 1.97. The molecule has 1 rings (SSSR count). The molecule has 1 heterocycles. The van der Waals surface area contributed by atoms with Gasteiger partial charge in [0, 0.05) is 25.0 Å². The topological polar surface area (TPSA) is 68.0 Å². The Morgan fingerprint density at radius 3 is 2.79 bits per heavy atom. The SMILES string of the molecule is CC(CN)NC(=O)Cc1ccncc1. The van der Waals surface area contributed by atoms with Gasteiger partial charge in [0.25, 0.3) is 0 Å². The summed E-state index contributed by atoms with van der Waals surface area (Å²) >= 11 is 0. The molecule has 0 saturated heterocycles. The first-order valence-electron chi connectivity index (χ1n) is 4.60. The highest BCUT2D eigenvalue weighted by atomic mass is 16.1. The van der Waals surface area contributed by atoms with E-state index >= 15 is 0 Å². The molecular weight excluding hydrogens is 178 g/mol. The number of hydrogen-bond donors (Lipinski definition) is 2. The molecule has 0 aliphatic carbocycles. The number of nitrogens with two attached hydrogens (primary N) is 1. The number of carbonyl (C=O) groups is 1. The monoisotopic (exact) mass is 193 g/mol. The van der Waals surface area contributed by atoms with Gasteiger partial charge < -0.3 is 11.1 Å². The molecule has 1 aromatic rings. The van der Waals surface area contributed by atoms with Crippen molar-refractivity contribution in [2.75, 3.05) is 6.54 Å². The number of hydrogen-bond acceptors (Lipinski definition) is 3. The fourth-order valence-electron chi connectivity index (χ4n) is 1.07. The van der Waals surface area contributed by atoms with E-state index in [1.807, 2.05) is 19.1 Å². The van der Waals surface area contributed by atoms with E-state index in [0.717, 1.165) is 5.56 Å². The van der Waals surface area contributed by atoms with E-state index in [0.29, 0.717) is 13.0 Å². The van der Waals surface area contributed by atoms with Crippen molar-refractivity contribution in [3.63, 3.8) is 0 Å². The normalized spacial score (nSPS) is 12.1. The maximum Gasteiger partial charge on any atom is 0.224 e. The third-order valence-electron chi connectivity index (χ3n) is 1.87. The maximum absolute atomic E-state index is 11.4. The zero-order chi connectivity index (χ0) is 10.4. The molecule has 3 N–H and O–H groups in total. The number of amides is 1. The summed E-state index contributed by atoms with van der Waals surface area (Å²) in [5.74, 6) is -0.00542. The van der Waals surface area contributed by atoms with E-state index in [-0.39, 0.29) is 11.9 Å². The summed E-state index contributed by atoms with van der Waals surface area (Å²) in [5.41, 5.74) is 6.35. The third kappa shape index (κ3) is 3.53. The summed E-state index contributed by atoms with van der Waals surface area (Å²) in [6.45, 7) is 2.34. The molecule has 14 heavy (non-hydrogen) atoms. The van der Waals surface area contributed by atoms with Gasteiger partial charge in [-0.3, -0.25) is 9.78 Å². The maximum atomic E-state index is 11.4. The van der Waals surface area contributed by atoms with Crippen LogP contribution in [-0.2, 0) is 11.2 Å². The third-order valence-corrected chi connectivity index (χ3v) is 1.87. The van der Waals surface area contributed by atoms with Crippen LogP contribution >= 0.6 is 0 Å². The van der Waals surface area contributed by atoms with Gasteiger partial charge in [-0.15, -0.1) is 0 Å². The zero-order valence-electron chi connectivity index (χ0n) is 8.23. The molecule has 1 amide bonds. The van der Waals surface area contributed by atoms with E-state index < -0.39 is 0 Å². The van der Waals surface area contributed by atoms with Crippen molar-refractivity contribution >= 4 is 5.91 Å². The zero-order valence-corrected chi connectivity index (χ0v) is 8.23. The van der Waals surface area contributed by atoms with Crippen LogP contribution in [0.1, 0.15) is 12.5 Å². The molecule has 0 aromatic carbocycles. The average Bonchev–Trinajstić information content (AvgIpc) is 2.19. The van der Waals surface area contributed by atoms with E-state index in [9.17, 15) is 4.79 Å². The second-order valence-corrected chi connectivity index (χ2v) is 3.24. The van der Waals surface area contributed by atoms with Crippen molar-refractivity contribution in [3.8, 4) is 0 Å². The summed E-state index contributed by atoms with van der Waals surface area (Å²) in [7, 11) is 0. The van der Waals surface area contributed by atoms with Gasteiger partial charge in [0.2, 0.25) is 5.91 Å². The van der Waals surface area contributed by atoms with Gasteiger partial charge >= 0.3 is 0 Å². The molecule has 0 aliphatic heterocycles. The lowest BCUT2D eigenvalue weighted by Gasteiger charge is -2.10. The Morgan fingerprint density at radius 2 is 2.21 bits per heavy atom. The molecule has 0 saturated carbocycles. The number of nitrogens with zero attached hydrogens (tertiary/aromatic N) is 1. The Hall–Kier alpha value is -1.42. The predicted octanol–water partition coefficient (Wildman–Crippen LogP) is 0.0875. The minimum Gasteiger partial charge on any atom is -0.352 e. The van der Waals surface area contributed by atoms with Crippen LogP contribution in [0.4, 0.5) is 0 Å². The number of aromatic nitrogens is 1. The highest BCUT2D eigenvalue weighted by Gasteiger charge is 2.05. The quantitative estimate of drug-likeness (QED) is 0.712. The van der Waals surface area contributed by atoms with Gasteiger partial charge in [0.15, 0.2) is 0 Å². The predicted molar refractivity (Wildman–Crippen MR) is 54.6 cm³/mol. The number of rotatable bonds is 4. The largest absolute Gasteiger partial charge is 0.352 e. The minimum absolute atomic E-state index is 0.00542. The first-order chi connectivity index (χ1) is 6.72. The van der Waals surface area contributed by atoms with Crippen LogP contribution in [0.15, 0.2) is 24.5 Å². The number of carbonyl (C=O) groups excluding carboxylic acids is 1. The highest BCUT2D eigenvalue weighted by molar-refractivity contribution is 5.78. The Balaban J connectivity index is 2.42. The Labute approximate surface area is 83.5 Å². The summed E-state index contributed by atoms with van der Waals surface area (Å²) in [6.07, 6.45) is 3.73. The first kappa shape index (κ1) is 10.7. The molecular formula is C10H15N3O. The van der Waals surface area contributed by atoms with Gasteiger partial charge in [0.05, 0.1) is 6.42 Å². The van der Waals surface area contributed by atoms with Crippen molar-refractivity contribution in [2.24, 2.45) is 5.73 Å². The summed E-state index contributed by atoms with van der Waals surface area (Å²) < 4.78 is 0. The van der Waals surface area contributed by atoms with E-state index in [1.165, 1.54) is 0 Å². The fourth-order valence-corrected chi connectivity index (χ4v) is 1.07. The Kier molecular flexibility index (Phi) is 4.07. The molecule has 0 radical (unpaired) electrons. The molecule has 4 heteroatoms. The van der Waals surface area contributed by atoms with Crippen molar-refractivity contribution in [1.82, 2.24) is 10.3 Å². The lowest BCUT2D eigenvalue weighted by atomic mass is 10.2. The van der Waals surface area contributed by atoms with Gasteiger partial charge in [-0.05, 0) is 24.6 Å². The molecule has 1 aromatic heterocycles. The number of nitrogens with one attached hydrogen (secondary N) is 1. The molecule has 0 fully saturated rings. The molecule has 4 nitrogen and oxygen atoms in total. The Bertz CT molecular complexity index is 287. The molecule has 76 valence electrons. The number of pyridine rings is 1. The van der Waals surface area contributed by atoms with E-state index in [2.05, 4.69) is 10.3 Å². The van der Waals surface area contributed by atoms with E-state index in [4.69, 9.17) is 5.73 Å². The molecule has 0 bridgehead atoms. The first-order valence-corrected chi connectivity index (χ1v) is 4.60. The van der Waals surface area contributed by atoms with Crippen molar-refractivity contribution < 1.29 is 4.79 Å². The van der Waals surface area contributed by atoms with E-state index in [1.54, 1.807) is 12.4 Å². The van der Waals surface area contributed by atoms with Crippen molar-refractivity contribution in [2.45, 2.75) is 19.4 Å². The smallest absolute Gasteiger partial charge is 0.224 e. The van der Waals surface area contributed by atoms with Crippen molar-refractivity contribution in [1.29, 1.82) is 0 Å². The van der Waals surface area contributed by atoms with Crippen LogP contribution in [0.3, 0.4) is 0 Å². The van der Waals surface area contributed by atoms with Gasteiger partial charge in [-0.2, -0.15) is 0 Å². The molecule has 1 atom stereocenters. The van der Waals surface area contributed by atoms with Crippen LogP contribution in [0.25, 0.3) is 0 Å². The van der Waals surface area contributed by atoms with Crippen LogP contribution in [0.5, 0.6) is 0 Å². The van der Waals surface area contributed by atoms with Gasteiger partial charge in [-0.25, -0.2) is 0 Å². The molecule has 1 unspecified atom stereocenters. The summed E-state index contributed by atoms with van der Waals surface area (Å²) in [4.78, 5) is 15.3. The standard InChI is InChI=1S/C10H15N3O/c1-8(7-11)13-10(14)6-9-2-4-12-5-3-9/h2-5,8H,6-7,11H2,1H3,(H,13,14). The average molecular weight is 193 g/mol. The van der Waals surface area contributed by atoms with Crippen LogP contribution < -0.4 is 11.1 Å². The van der Waals surface area contributed by atoms with Gasteiger partial charge in [0.1, 0.15) is 0 Å². The Morgan fingerprint density at radius 1 is 1.57 bits per heavy atom. The fraction of sp³-hybridized carbons (Fsp3) is 0.400. The summed E-state index contributed by atoms with van der Waals surface area (Å²) in [6, 6.07) is 3.68. The lowest BCUT2D eigenvalue weighted by molar-refractivity contribution is -0.120. The van der Waals surface area contributed by atoms with Crippen LogP contribution in [0.2, 0.25) is 0 Å². The molecule has 0 spiro atoms. The van der Waals surface area contributed by atoms with Crippen LogP contribution in [0, 0.1) is 0 Å². The van der Waals surface area contributed by atoms with Crippen LogP contribution in [-0.4, -0.2) is 23.5 Å². The second-order valence-electron chi connectivity index (χ2n) is 3.24. The molecule has 0 aliphatic rings. The van der Waals surface area contributed by atoms with Crippen molar-refractivity contribution in [3.05, 3.63) is 30.1 Å². The minimum atomic E-state index is -0.00542. The lowest BCUT2D eigenvalue weighted by Crippen LogP contribution is -2.38. The summed E-state index contributed by atoms with van der Waals surface area (Å²) in [5, 5.41) is 2.79. The second kappa shape index (κ2) is 5.34.